The van der Waals surface area contributed by atoms with E-state index in [1.807, 2.05) is 49.4 Å². The summed E-state index contributed by atoms with van der Waals surface area (Å²) in [6.45, 7) is 6.40. The van der Waals surface area contributed by atoms with Gasteiger partial charge in [-0.2, -0.15) is 0 Å². The highest BCUT2D eigenvalue weighted by Gasteiger charge is 2.16. The number of aromatic nitrogens is 6. The van der Waals surface area contributed by atoms with Crippen molar-refractivity contribution in [2.24, 2.45) is 0 Å². The number of nitrogens with zero attached hydrogens (tertiary/aromatic N) is 6. The molecule has 7 nitrogen and oxygen atoms in total. The van der Waals surface area contributed by atoms with Gasteiger partial charge in [0, 0.05) is 22.3 Å². The zero-order valence-electron chi connectivity index (χ0n) is 16.3. The second kappa shape index (κ2) is 6.89. The number of benzene rings is 1. The van der Waals surface area contributed by atoms with Crippen molar-refractivity contribution >= 4 is 33.1 Å². The summed E-state index contributed by atoms with van der Waals surface area (Å²) in [6, 6.07) is 12.3. The molecule has 5 rings (SSSR count). The molecule has 0 aliphatic rings. The third-order valence-electron chi connectivity index (χ3n) is 4.80. The Kier molecular flexibility index (Phi) is 4.21. The number of nitrogens with one attached hydrogen (secondary N) is 1. The molecule has 0 amide bonds. The van der Waals surface area contributed by atoms with E-state index < -0.39 is 0 Å². The molecular weight excluding hydrogens is 382 g/mol. The van der Waals surface area contributed by atoms with E-state index in [0.717, 1.165) is 50.2 Å². The third kappa shape index (κ3) is 3.11. The van der Waals surface area contributed by atoms with Gasteiger partial charge in [-0.1, -0.05) is 30.3 Å². The summed E-state index contributed by atoms with van der Waals surface area (Å²) in [5.41, 5.74) is 4.27. The van der Waals surface area contributed by atoms with Gasteiger partial charge in [-0.3, -0.25) is 4.40 Å². The molecule has 0 aliphatic carbocycles. The SMILES string of the molecule is Cc1cc(C)n2c(CNc3nc(C)nc4scc(-c5ccccc5)c34)nnc2n1. The van der Waals surface area contributed by atoms with Crippen molar-refractivity contribution in [3.63, 3.8) is 0 Å². The van der Waals surface area contributed by atoms with E-state index in [1.54, 1.807) is 11.3 Å². The van der Waals surface area contributed by atoms with E-state index in [0.29, 0.717) is 12.3 Å². The van der Waals surface area contributed by atoms with Crippen molar-refractivity contribution in [1.29, 1.82) is 0 Å². The largest absolute Gasteiger partial charge is 0.362 e. The first-order chi connectivity index (χ1) is 14.1. The number of hydrogen-bond donors (Lipinski definition) is 1. The van der Waals surface area contributed by atoms with Crippen molar-refractivity contribution in [2.75, 3.05) is 5.32 Å². The minimum atomic E-state index is 0.488. The molecule has 0 aliphatic heterocycles. The maximum absolute atomic E-state index is 4.69. The Balaban J connectivity index is 1.57. The lowest BCUT2D eigenvalue weighted by Gasteiger charge is -2.10. The quantitative estimate of drug-likeness (QED) is 0.483. The molecule has 0 spiro atoms. The molecule has 0 saturated heterocycles. The molecule has 8 heteroatoms. The third-order valence-corrected chi connectivity index (χ3v) is 5.68. The first-order valence-corrected chi connectivity index (χ1v) is 10.2. The molecule has 4 aromatic heterocycles. The van der Waals surface area contributed by atoms with Gasteiger partial charge in [0.15, 0.2) is 5.82 Å². The van der Waals surface area contributed by atoms with Crippen LogP contribution in [-0.2, 0) is 6.54 Å². The average molecular weight is 401 g/mol. The van der Waals surface area contributed by atoms with Gasteiger partial charge in [0.05, 0.1) is 11.9 Å². The van der Waals surface area contributed by atoms with E-state index in [1.165, 1.54) is 0 Å². The Labute approximate surface area is 171 Å². The lowest BCUT2D eigenvalue weighted by molar-refractivity contribution is 0.886. The van der Waals surface area contributed by atoms with Crippen molar-refractivity contribution in [1.82, 2.24) is 29.5 Å². The summed E-state index contributed by atoms with van der Waals surface area (Å²) in [4.78, 5) is 14.7. The van der Waals surface area contributed by atoms with Crippen molar-refractivity contribution in [2.45, 2.75) is 27.3 Å². The van der Waals surface area contributed by atoms with Gasteiger partial charge in [0.25, 0.3) is 5.78 Å². The molecule has 1 N–H and O–H groups in total. The van der Waals surface area contributed by atoms with E-state index in [2.05, 4.69) is 48.0 Å². The lowest BCUT2D eigenvalue weighted by Crippen LogP contribution is -2.09. The minimum absolute atomic E-state index is 0.488. The molecule has 0 bridgehead atoms. The number of thiophene rings is 1. The molecule has 1 aromatic carbocycles. The molecule has 4 heterocycles. The van der Waals surface area contributed by atoms with Gasteiger partial charge in [-0.25, -0.2) is 15.0 Å². The van der Waals surface area contributed by atoms with E-state index in [4.69, 9.17) is 0 Å². The van der Waals surface area contributed by atoms with Crippen LogP contribution in [0.3, 0.4) is 0 Å². The normalized spacial score (nSPS) is 11.4. The summed E-state index contributed by atoms with van der Waals surface area (Å²) in [6.07, 6.45) is 0. The van der Waals surface area contributed by atoms with Crippen LogP contribution in [0.2, 0.25) is 0 Å². The fraction of sp³-hybridized carbons (Fsp3) is 0.190. The number of fused-ring (bicyclic) bond motifs is 2. The summed E-state index contributed by atoms with van der Waals surface area (Å²) >= 11 is 1.63. The van der Waals surface area contributed by atoms with Crippen LogP contribution >= 0.6 is 11.3 Å². The summed E-state index contributed by atoms with van der Waals surface area (Å²) in [7, 11) is 0. The van der Waals surface area contributed by atoms with Crippen molar-refractivity contribution < 1.29 is 0 Å². The van der Waals surface area contributed by atoms with Gasteiger partial charge in [-0.05, 0) is 32.4 Å². The maximum Gasteiger partial charge on any atom is 0.255 e. The molecule has 144 valence electrons. The Hall–Kier alpha value is -3.39. The topological polar surface area (TPSA) is 80.9 Å². The Morgan fingerprint density at radius 2 is 1.83 bits per heavy atom. The van der Waals surface area contributed by atoms with Gasteiger partial charge in [-0.15, -0.1) is 21.5 Å². The van der Waals surface area contributed by atoms with Crippen LogP contribution in [0.25, 0.3) is 27.1 Å². The fourth-order valence-electron chi connectivity index (χ4n) is 3.58. The zero-order valence-corrected chi connectivity index (χ0v) is 17.2. The molecule has 0 saturated carbocycles. The molecule has 0 radical (unpaired) electrons. The molecule has 0 fully saturated rings. The van der Waals surface area contributed by atoms with Crippen LogP contribution < -0.4 is 5.32 Å². The smallest absolute Gasteiger partial charge is 0.255 e. The zero-order chi connectivity index (χ0) is 20.0. The minimum Gasteiger partial charge on any atom is -0.362 e. The first-order valence-electron chi connectivity index (χ1n) is 9.33. The number of aryl methyl sites for hydroxylation is 3. The second-order valence-electron chi connectivity index (χ2n) is 6.96. The van der Waals surface area contributed by atoms with Crippen molar-refractivity contribution in [3.05, 3.63) is 64.8 Å². The summed E-state index contributed by atoms with van der Waals surface area (Å²) in [5, 5.41) is 15.2. The molecule has 29 heavy (non-hydrogen) atoms. The van der Waals surface area contributed by atoms with E-state index in [9.17, 15) is 0 Å². The molecule has 5 aromatic rings. The van der Waals surface area contributed by atoms with Crippen molar-refractivity contribution in [3.8, 4) is 11.1 Å². The first kappa shape index (κ1) is 17.7. The van der Waals surface area contributed by atoms with Crippen LogP contribution in [0.15, 0.2) is 41.8 Å². The van der Waals surface area contributed by atoms with E-state index >= 15 is 0 Å². The van der Waals surface area contributed by atoms with Gasteiger partial charge < -0.3 is 5.32 Å². The predicted molar refractivity (Wildman–Crippen MR) is 115 cm³/mol. The summed E-state index contributed by atoms with van der Waals surface area (Å²) in [5.74, 6) is 2.96. The second-order valence-corrected chi connectivity index (χ2v) is 7.82. The average Bonchev–Trinajstić information content (AvgIpc) is 3.31. The monoisotopic (exact) mass is 401 g/mol. The number of anilines is 1. The predicted octanol–water partition coefficient (Wildman–Crippen LogP) is 4.33. The number of hydrogen-bond acceptors (Lipinski definition) is 7. The van der Waals surface area contributed by atoms with Crippen LogP contribution in [0, 0.1) is 20.8 Å². The van der Waals surface area contributed by atoms with Gasteiger partial charge in [0.2, 0.25) is 0 Å². The van der Waals surface area contributed by atoms with Crippen LogP contribution in [0.5, 0.6) is 0 Å². The molecule has 0 atom stereocenters. The number of rotatable bonds is 4. The van der Waals surface area contributed by atoms with Crippen LogP contribution in [-0.4, -0.2) is 29.5 Å². The molecule has 0 unspecified atom stereocenters. The lowest BCUT2D eigenvalue weighted by atomic mass is 10.1. The Morgan fingerprint density at radius 1 is 1.00 bits per heavy atom. The van der Waals surface area contributed by atoms with E-state index in [-0.39, 0.29) is 0 Å². The van der Waals surface area contributed by atoms with Crippen LogP contribution in [0.1, 0.15) is 23.0 Å². The van der Waals surface area contributed by atoms with Crippen LogP contribution in [0.4, 0.5) is 5.82 Å². The maximum atomic E-state index is 4.69. The highest BCUT2D eigenvalue weighted by molar-refractivity contribution is 7.17. The standard InChI is InChI=1S/C21H19N7S/c1-12-9-13(2)28-17(26-27-21(28)23-12)10-22-19-18-16(15-7-5-4-6-8-15)11-29-20(18)25-14(3)24-19/h4-9,11H,10H2,1-3H3,(H,22,24,25). The highest BCUT2D eigenvalue weighted by Crippen LogP contribution is 2.36. The highest BCUT2D eigenvalue weighted by atomic mass is 32.1. The Morgan fingerprint density at radius 3 is 2.66 bits per heavy atom. The van der Waals surface area contributed by atoms with Gasteiger partial charge in [0.1, 0.15) is 16.5 Å². The Bertz CT molecular complexity index is 1340. The fourth-order valence-corrected chi connectivity index (χ4v) is 4.57. The molecular formula is C21H19N7S. The van der Waals surface area contributed by atoms with Gasteiger partial charge >= 0.3 is 0 Å². The summed E-state index contributed by atoms with van der Waals surface area (Å²) < 4.78 is 1.97.